The molecule has 0 atom stereocenters. The maximum atomic E-state index is 6.12. The molecule has 21 heavy (non-hydrogen) atoms. The van der Waals surface area contributed by atoms with Crippen molar-refractivity contribution in [3.8, 4) is 11.6 Å². The number of rotatable bonds is 2. The molecule has 1 aromatic heterocycles. The third-order valence-electron chi connectivity index (χ3n) is 3.31. The van der Waals surface area contributed by atoms with Gasteiger partial charge >= 0.3 is 0 Å². The molecule has 0 saturated heterocycles. The van der Waals surface area contributed by atoms with Gasteiger partial charge in [-0.25, -0.2) is 4.98 Å². The van der Waals surface area contributed by atoms with Gasteiger partial charge in [-0.3, -0.25) is 0 Å². The average molecular weight is 305 g/mol. The van der Waals surface area contributed by atoms with Crippen LogP contribution in [0, 0.1) is 20.8 Å². The molecule has 112 valence electrons. The molecule has 2 rings (SSSR count). The van der Waals surface area contributed by atoms with E-state index in [9.17, 15) is 0 Å². The van der Waals surface area contributed by atoms with Gasteiger partial charge in [0.2, 0.25) is 5.88 Å². The number of ether oxygens (including phenoxy) is 1. The number of aromatic nitrogens is 2. The fourth-order valence-corrected chi connectivity index (χ4v) is 2.31. The van der Waals surface area contributed by atoms with Gasteiger partial charge in [-0.15, -0.1) is 0 Å². The highest BCUT2D eigenvalue weighted by atomic mass is 35.5. The second kappa shape index (κ2) is 5.64. The van der Waals surface area contributed by atoms with Gasteiger partial charge in [0.1, 0.15) is 16.7 Å². The van der Waals surface area contributed by atoms with Crippen LogP contribution in [0.4, 0.5) is 0 Å². The van der Waals surface area contributed by atoms with Crippen molar-refractivity contribution in [1.29, 1.82) is 0 Å². The third kappa shape index (κ3) is 3.53. The molecule has 0 N–H and O–H groups in total. The van der Waals surface area contributed by atoms with E-state index < -0.39 is 0 Å². The predicted molar refractivity (Wildman–Crippen MR) is 86.5 cm³/mol. The molecule has 4 heteroatoms. The molecule has 0 saturated carbocycles. The van der Waals surface area contributed by atoms with Crippen molar-refractivity contribution in [1.82, 2.24) is 9.97 Å². The Hall–Kier alpha value is -1.61. The number of hydrogen-bond donors (Lipinski definition) is 0. The summed E-state index contributed by atoms with van der Waals surface area (Å²) in [5, 5.41) is 0.433. The van der Waals surface area contributed by atoms with Gasteiger partial charge in [-0.1, -0.05) is 44.5 Å². The number of aryl methyl sites for hydroxylation is 2. The molecule has 0 radical (unpaired) electrons. The van der Waals surface area contributed by atoms with Crippen LogP contribution >= 0.6 is 11.6 Å². The fourth-order valence-electron chi connectivity index (χ4n) is 2.11. The Morgan fingerprint density at radius 1 is 1.05 bits per heavy atom. The van der Waals surface area contributed by atoms with Crippen LogP contribution in [-0.2, 0) is 5.41 Å². The summed E-state index contributed by atoms with van der Waals surface area (Å²) in [4.78, 5) is 8.50. The highest BCUT2D eigenvalue weighted by molar-refractivity contribution is 6.30. The zero-order chi connectivity index (χ0) is 15.8. The van der Waals surface area contributed by atoms with Gasteiger partial charge in [0.25, 0.3) is 0 Å². The zero-order valence-electron chi connectivity index (χ0n) is 13.4. The third-order valence-corrected chi connectivity index (χ3v) is 3.67. The minimum Gasteiger partial charge on any atom is -0.438 e. The molecule has 0 amide bonds. The van der Waals surface area contributed by atoms with Gasteiger partial charge in [0, 0.05) is 11.1 Å². The molecule has 1 heterocycles. The van der Waals surface area contributed by atoms with E-state index in [1.807, 2.05) is 19.9 Å². The second-order valence-electron chi connectivity index (χ2n) is 6.34. The van der Waals surface area contributed by atoms with Crippen molar-refractivity contribution >= 4 is 11.6 Å². The average Bonchev–Trinajstić information content (AvgIpc) is 2.34. The van der Waals surface area contributed by atoms with E-state index in [-0.39, 0.29) is 5.41 Å². The van der Waals surface area contributed by atoms with Gasteiger partial charge in [0.05, 0.1) is 0 Å². The minimum atomic E-state index is -0.0111. The van der Waals surface area contributed by atoms with Crippen molar-refractivity contribution in [3.05, 3.63) is 45.9 Å². The summed E-state index contributed by atoms with van der Waals surface area (Å²) >= 11 is 6.12. The lowest BCUT2D eigenvalue weighted by molar-refractivity contribution is 0.434. The van der Waals surface area contributed by atoms with Crippen LogP contribution in [0.1, 0.15) is 43.3 Å². The van der Waals surface area contributed by atoms with Crippen LogP contribution in [0.15, 0.2) is 18.2 Å². The van der Waals surface area contributed by atoms with E-state index in [4.69, 9.17) is 16.3 Å². The van der Waals surface area contributed by atoms with Gasteiger partial charge in [-0.2, -0.15) is 4.98 Å². The lowest BCUT2D eigenvalue weighted by Crippen LogP contribution is -2.13. The molecular weight excluding hydrogens is 284 g/mol. The van der Waals surface area contributed by atoms with Crippen LogP contribution in [0.2, 0.25) is 5.15 Å². The predicted octanol–water partition coefficient (Wildman–Crippen LogP) is 5.15. The molecule has 0 bridgehead atoms. The summed E-state index contributed by atoms with van der Waals surface area (Å²) in [5.41, 5.74) is 3.03. The van der Waals surface area contributed by atoms with Crippen molar-refractivity contribution in [2.45, 2.75) is 47.0 Å². The lowest BCUT2D eigenvalue weighted by atomic mass is 9.86. The molecule has 0 aliphatic rings. The minimum absolute atomic E-state index is 0.0111. The van der Waals surface area contributed by atoms with Crippen LogP contribution in [0.3, 0.4) is 0 Å². The lowest BCUT2D eigenvalue weighted by Gasteiger charge is -2.23. The number of benzene rings is 1. The molecule has 0 unspecified atom stereocenters. The molecule has 0 fully saturated rings. The molecular formula is C17H21ClN2O. The quantitative estimate of drug-likeness (QED) is 0.720. The van der Waals surface area contributed by atoms with Gasteiger partial charge in [0.15, 0.2) is 0 Å². The molecule has 3 nitrogen and oxygen atoms in total. The van der Waals surface area contributed by atoms with Crippen LogP contribution in [0.25, 0.3) is 0 Å². The summed E-state index contributed by atoms with van der Waals surface area (Å²) in [6.45, 7) is 12.2. The molecule has 0 spiro atoms. The summed E-state index contributed by atoms with van der Waals surface area (Å²) < 4.78 is 6.07. The van der Waals surface area contributed by atoms with E-state index in [1.165, 1.54) is 0 Å². The monoisotopic (exact) mass is 304 g/mol. The largest absolute Gasteiger partial charge is 0.438 e. The van der Waals surface area contributed by atoms with E-state index in [0.29, 0.717) is 16.9 Å². The SMILES string of the molecule is Cc1ccc(C(C)(C)C)c(Oc2nc(C)nc(Cl)c2C)c1. The van der Waals surface area contributed by atoms with E-state index in [2.05, 4.69) is 42.9 Å². The fraction of sp³-hybridized carbons (Fsp3) is 0.412. The summed E-state index contributed by atoms with van der Waals surface area (Å²) in [7, 11) is 0. The Morgan fingerprint density at radius 2 is 1.71 bits per heavy atom. The second-order valence-corrected chi connectivity index (χ2v) is 6.70. The van der Waals surface area contributed by atoms with Crippen molar-refractivity contribution in [2.75, 3.05) is 0 Å². The Balaban J connectivity index is 2.52. The first kappa shape index (κ1) is 15.8. The van der Waals surface area contributed by atoms with Crippen LogP contribution in [-0.4, -0.2) is 9.97 Å². The smallest absolute Gasteiger partial charge is 0.226 e. The van der Waals surface area contributed by atoms with Crippen molar-refractivity contribution in [2.24, 2.45) is 0 Å². The first-order valence-electron chi connectivity index (χ1n) is 6.98. The molecule has 1 aromatic carbocycles. The zero-order valence-corrected chi connectivity index (χ0v) is 14.2. The summed E-state index contributed by atoms with van der Waals surface area (Å²) in [6, 6.07) is 6.24. The first-order chi connectivity index (χ1) is 9.68. The Bertz CT molecular complexity index is 675. The van der Waals surface area contributed by atoms with Crippen LogP contribution in [0.5, 0.6) is 11.6 Å². The summed E-state index contributed by atoms with van der Waals surface area (Å²) in [5.74, 6) is 1.94. The topological polar surface area (TPSA) is 35.0 Å². The molecule has 0 aliphatic heterocycles. The number of hydrogen-bond acceptors (Lipinski definition) is 3. The maximum Gasteiger partial charge on any atom is 0.226 e. The van der Waals surface area contributed by atoms with Crippen molar-refractivity contribution in [3.63, 3.8) is 0 Å². The van der Waals surface area contributed by atoms with Gasteiger partial charge in [-0.05, 0) is 37.8 Å². The maximum absolute atomic E-state index is 6.12. The summed E-state index contributed by atoms with van der Waals surface area (Å²) in [6.07, 6.45) is 0. The molecule has 2 aromatic rings. The molecule has 0 aliphatic carbocycles. The van der Waals surface area contributed by atoms with E-state index in [0.717, 1.165) is 22.4 Å². The van der Waals surface area contributed by atoms with E-state index in [1.54, 1.807) is 6.92 Å². The Kier molecular flexibility index (Phi) is 4.24. The number of nitrogens with zero attached hydrogens (tertiary/aromatic N) is 2. The Labute approximate surface area is 131 Å². The van der Waals surface area contributed by atoms with Crippen molar-refractivity contribution < 1.29 is 4.74 Å². The highest BCUT2D eigenvalue weighted by Crippen LogP contribution is 2.36. The first-order valence-corrected chi connectivity index (χ1v) is 7.36. The normalized spacial score (nSPS) is 11.6. The highest BCUT2D eigenvalue weighted by Gasteiger charge is 2.20. The van der Waals surface area contributed by atoms with E-state index >= 15 is 0 Å². The standard InChI is InChI=1S/C17H21ClN2O/c1-10-7-8-13(17(4,5)6)14(9-10)21-16-11(2)15(18)19-12(3)20-16/h7-9H,1-6H3. The van der Waals surface area contributed by atoms with Crippen LogP contribution < -0.4 is 4.74 Å². The number of halogens is 1. The van der Waals surface area contributed by atoms with Gasteiger partial charge < -0.3 is 4.74 Å². The Morgan fingerprint density at radius 3 is 2.33 bits per heavy atom.